The van der Waals surface area contributed by atoms with Gasteiger partial charge in [0.1, 0.15) is 0 Å². The highest BCUT2D eigenvalue weighted by atomic mass is 79.9. The third-order valence-electron chi connectivity index (χ3n) is 6.65. The molecule has 1 aromatic carbocycles. The molecule has 0 bridgehead atoms. The molecule has 2 fully saturated rings. The second-order valence-electron chi connectivity index (χ2n) is 7.82. The van der Waals surface area contributed by atoms with Gasteiger partial charge in [-0.25, -0.2) is 0 Å². The molecule has 0 aromatic heterocycles. The SMILES string of the molecule is COCCN1C(=O)C2(NC1=S)c1cc(Br)ccc1CC21CCC(OC)CC1. The zero-order valence-corrected chi connectivity index (χ0v) is 18.1. The highest BCUT2D eigenvalue weighted by molar-refractivity contribution is 9.10. The molecule has 2 aliphatic carbocycles. The Morgan fingerprint density at radius 3 is 2.74 bits per heavy atom. The van der Waals surface area contributed by atoms with Crippen LogP contribution in [0.15, 0.2) is 22.7 Å². The van der Waals surface area contributed by atoms with Gasteiger partial charge in [0.2, 0.25) is 0 Å². The summed E-state index contributed by atoms with van der Waals surface area (Å²) in [6, 6.07) is 6.31. The Morgan fingerprint density at radius 1 is 1.33 bits per heavy atom. The monoisotopic (exact) mass is 452 g/mol. The summed E-state index contributed by atoms with van der Waals surface area (Å²) in [5.74, 6) is 0.0669. The largest absolute Gasteiger partial charge is 0.383 e. The summed E-state index contributed by atoms with van der Waals surface area (Å²) in [4.78, 5) is 15.5. The molecule has 1 aromatic rings. The summed E-state index contributed by atoms with van der Waals surface area (Å²) in [6.45, 7) is 0.941. The lowest BCUT2D eigenvalue weighted by molar-refractivity contribution is -0.138. The molecular weight excluding hydrogens is 428 g/mol. The lowest BCUT2D eigenvalue weighted by Gasteiger charge is -2.46. The number of benzene rings is 1. The summed E-state index contributed by atoms with van der Waals surface area (Å²) < 4.78 is 11.8. The predicted octanol–water partition coefficient (Wildman–Crippen LogP) is 3.14. The molecule has 4 rings (SSSR count). The van der Waals surface area contributed by atoms with Gasteiger partial charge in [0.15, 0.2) is 10.7 Å². The van der Waals surface area contributed by atoms with Crippen molar-refractivity contribution in [3.05, 3.63) is 33.8 Å². The van der Waals surface area contributed by atoms with Crippen molar-refractivity contribution in [2.24, 2.45) is 5.41 Å². The highest BCUT2D eigenvalue weighted by Crippen LogP contribution is 2.60. The molecule has 1 amide bonds. The molecule has 1 N–H and O–H groups in total. The van der Waals surface area contributed by atoms with Gasteiger partial charge in [0.05, 0.1) is 19.3 Å². The highest BCUT2D eigenvalue weighted by Gasteiger charge is 2.67. The van der Waals surface area contributed by atoms with Crippen molar-refractivity contribution < 1.29 is 14.3 Å². The van der Waals surface area contributed by atoms with Crippen LogP contribution in [0.5, 0.6) is 0 Å². The number of methoxy groups -OCH3 is 2. The summed E-state index contributed by atoms with van der Waals surface area (Å²) in [6.07, 6.45) is 4.98. The topological polar surface area (TPSA) is 50.8 Å². The number of carbonyl (C=O) groups excluding carboxylic acids is 1. The number of amides is 1. The lowest BCUT2D eigenvalue weighted by Crippen LogP contribution is -2.56. The Morgan fingerprint density at radius 2 is 2.07 bits per heavy atom. The molecule has 1 saturated carbocycles. The van der Waals surface area contributed by atoms with E-state index in [0.717, 1.165) is 42.1 Å². The molecule has 3 aliphatic rings. The van der Waals surface area contributed by atoms with Crippen molar-refractivity contribution in [1.82, 2.24) is 10.2 Å². The molecule has 146 valence electrons. The van der Waals surface area contributed by atoms with E-state index in [1.165, 1.54) is 5.56 Å². The van der Waals surface area contributed by atoms with Crippen LogP contribution < -0.4 is 5.32 Å². The minimum atomic E-state index is -0.782. The van der Waals surface area contributed by atoms with E-state index in [0.29, 0.717) is 18.3 Å². The van der Waals surface area contributed by atoms with Crippen LogP contribution in [0.1, 0.15) is 36.8 Å². The van der Waals surface area contributed by atoms with E-state index in [-0.39, 0.29) is 17.4 Å². The Balaban J connectivity index is 1.80. The molecule has 1 heterocycles. The fraction of sp³-hybridized carbons (Fsp3) is 0.600. The second-order valence-corrected chi connectivity index (χ2v) is 9.13. The maximum atomic E-state index is 13.8. The maximum absolute atomic E-state index is 13.8. The van der Waals surface area contributed by atoms with Crippen molar-refractivity contribution >= 4 is 39.2 Å². The lowest BCUT2D eigenvalue weighted by atomic mass is 9.61. The first-order chi connectivity index (χ1) is 13.0. The van der Waals surface area contributed by atoms with Crippen molar-refractivity contribution in [1.29, 1.82) is 0 Å². The number of nitrogens with one attached hydrogen (secondary N) is 1. The molecule has 0 radical (unpaired) electrons. The van der Waals surface area contributed by atoms with E-state index < -0.39 is 5.54 Å². The average molecular weight is 453 g/mol. The quantitative estimate of drug-likeness (QED) is 0.711. The summed E-state index contributed by atoms with van der Waals surface area (Å²) in [5, 5.41) is 4.02. The summed E-state index contributed by atoms with van der Waals surface area (Å²) in [5.41, 5.74) is 1.36. The van der Waals surface area contributed by atoms with E-state index in [4.69, 9.17) is 21.7 Å². The Hall–Kier alpha value is -1.02. The number of hydrogen-bond acceptors (Lipinski definition) is 4. The Labute approximate surface area is 173 Å². The smallest absolute Gasteiger partial charge is 0.259 e. The third-order valence-corrected chi connectivity index (χ3v) is 7.46. The van der Waals surface area contributed by atoms with E-state index in [1.54, 1.807) is 19.1 Å². The number of carbonyl (C=O) groups is 1. The van der Waals surface area contributed by atoms with Gasteiger partial charge in [0.25, 0.3) is 5.91 Å². The fourth-order valence-corrected chi connectivity index (χ4v) is 5.96. The van der Waals surface area contributed by atoms with Gasteiger partial charge >= 0.3 is 0 Å². The van der Waals surface area contributed by atoms with E-state index in [1.807, 2.05) is 0 Å². The number of hydrogen-bond donors (Lipinski definition) is 1. The molecule has 1 saturated heterocycles. The number of halogens is 1. The van der Waals surface area contributed by atoms with Gasteiger partial charge in [-0.2, -0.15) is 0 Å². The maximum Gasteiger partial charge on any atom is 0.259 e. The van der Waals surface area contributed by atoms with Crippen LogP contribution in [0.25, 0.3) is 0 Å². The van der Waals surface area contributed by atoms with Gasteiger partial charge in [-0.15, -0.1) is 0 Å². The van der Waals surface area contributed by atoms with Crippen molar-refractivity contribution in [2.75, 3.05) is 27.4 Å². The van der Waals surface area contributed by atoms with Crippen LogP contribution in [0.2, 0.25) is 0 Å². The number of nitrogens with zero attached hydrogens (tertiary/aromatic N) is 1. The predicted molar refractivity (Wildman–Crippen MR) is 111 cm³/mol. The standard InChI is InChI=1S/C20H25BrN2O3S/c1-25-10-9-23-17(24)20(22-18(23)27)16-11-14(21)4-3-13(16)12-19(20)7-5-15(26-2)6-8-19/h3-4,11,15H,5-10,12H2,1-2H3,(H,22,27). The van der Waals surface area contributed by atoms with Crippen molar-refractivity contribution in [3.63, 3.8) is 0 Å². The van der Waals surface area contributed by atoms with E-state index in [2.05, 4.69) is 39.4 Å². The van der Waals surface area contributed by atoms with E-state index in [9.17, 15) is 4.79 Å². The number of rotatable bonds is 4. The van der Waals surface area contributed by atoms with Crippen LogP contribution in [0, 0.1) is 5.41 Å². The minimum absolute atomic E-state index is 0.0669. The first kappa shape index (κ1) is 19.3. The normalized spacial score (nSPS) is 32.4. The van der Waals surface area contributed by atoms with Gasteiger partial charge in [-0.05, 0) is 67.6 Å². The molecule has 27 heavy (non-hydrogen) atoms. The molecule has 7 heteroatoms. The van der Waals surface area contributed by atoms with Gasteiger partial charge in [-0.3, -0.25) is 9.69 Å². The average Bonchev–Trinajstić information content (AvgIpc) is 3.07. The summed E-state index contributed by atoms with van der Waals surface area (Å²) >= 11 is 9.20. The van der Waals surface area contributed by atoms with Crippen molar-refractivity contribution in [2.45, 2.75) is 43.7 Å². The number of ether oxygens (including phenoxy) is 2. The molecule has 1 unspecified atom stereocenters. The Kier molecular flexibility index (Phi) is 5.08. The van der Waals surface area contributed by atoms with Gasteiger partial charge in [0, 0.05) is 24.1 Å². The first-order valence-corrected chi connectivity index (χ1v) is 10.6. The van der Waals surface area contributed by atoms with Crippen LogP contribution in [-0.2, 0) is 26.2 Å². The molecular formula is C20H25BrN2O3S. The third kappa shape index (κ3) is 2.77. The first-order valence-electron chi connectivity index (χ1n) is 9.42. The Bertz CT molecular complexity index is 778. The van der Waals surface area contributed by atoms with Crippen LogP contribution >= 0.6 is 28.1 Å². The zero-order valence-electron chi connectivity index (χ0n) is 15.7. The van der Waals surface area contributed by atoms with Crippen LogP contribution in [-0.4, -0.2) is 49.4 Å². The molecule has 2 spiro atoms. The van der Waals surface area contributed by atoms with Crippen molar-refractivity contribution in [3.8, 4) is 0 Å². The number of fused-ring (bicyclic) bond motifs is 3. The van der Waals surface area contributed by atoms with Gasteiger partial charge < -0.3 is 14.8 Å². The molecule has 5 nitrogen and oxygen atoms in total. The molecule has 1 atom stereocenters. The second kappa shape index (κ2) is 7.10. The fourth-order valence-electron chi connectivity index (χ4n) is 5.27. The molecule has 1 aliphatic heterocycles. The van der Waals surface area contributed by atoms with Gasteiger partial charge in [-0.1, -0.05) is 22.0 Å². The minimum Gasteiger partial charge on any atom is -0.383 e. The summed E-state index contributed by atoms with van der Waals surface area (Å²) in [7, 11) is 3.42. The number of thiocarbonyl (C=S) groups is 1. The van der Waals surface area contributed by atoms with Crippen LogP contribution in [0.3, 0.4) is 0 Å². The zero-order chi connectivity index (χ0) is 19.2. The van der Waals surface area contributed by atoms with E-state index >= 15 is 0 Å². The van der Waals surface area contributed by atoms with Crippen LogP contribution in [0.4, 0.5) is 0 Å².